The Bertz CT molecular complexity index is 928. The van der Waals surface area contributed by atoms with Crippen LogP contribution in [0.1, 0.15) is 25.0 Å². The SMILES string of the molecule is CCOc1cc(C2=NN(Cc3ccc(NC(C)=O)cc3)C(=O)SC2)ccc1OC. The fourth-order valence-electron chi connectivity index (χ4n) is 2.86. The molecule has 0 aliphatic carbocycles. The number of benzene rings is 2. The zero-order valence-electron chi connectivity index (χ0n) is 16.6. The predicted molar refractivity (Wildman–Crippen MR) is 115 cm³/mol. The first-order valence-electron chi connectivity index (χ1n) is 9.19. The van der Waals surface area contributed by atoms with Crippen molar-refractivity contribution >= 4 is 34.3 Å². The minimum absolute atomic E-state index is 0.0989. The van der Waals surface area contributed by atoms with E-state index in [1.54, 1.807) is 19.2 Å². The van der Waals surface area contributed by atoms with Crippen LogP contribution in [-0.2, 0) is 11.3 Å². The molecule has 1 heterocycles. The summed E-state index contributed by atoms with van der Waals surface area (Å²) in [4.78, 5) is 23.5. The van der Waals surface area contributed by atoms with Gasteiger partial charge < -0.3 is 14.8 Å². The Labute approximate surface area is 174 Å². The Kier molecular flexibility index (Phi) is 6.77. The molecular formula is C21H23N3O4S. The smallest absolute Gasteiger partial charge is 0.302 e. The van der Waals surface area contributed by atoms with Gasteiger partial charge in [0.15, 0.2) is 11.5 Å². The number of rotatable bonds is 7. The minimum atomic E-state index is -0.125. The maximum atomic E-state index is 12.3. The molecule has 2 aromatic carbocycles. The summed E-state index contributed by atoms with van der Waals surface area (Å²) in [6.07, 6.45) is 0. The van der Waals surface area contributed by atoms with E-state index in [-0.39, 0.29) is 11.1 Å². The number of hydrogen-bond donors (Lipinski definition) is 1. The molecule has 1 aliphatic heterocycles. The van der Waals surface area contributed by atoms with Crippen LogP contribution in [0.2, 0.25) is 0 Å². The number of nitrogens with one attached hydrogen (secondary N) is 1. The molecule has 0 saturated carbocycles. The van der Waals surface area contributed by atoms with Gasteiger partial charge in [0.1, 0.15) is 0 Å². The highest BCUT2D eigenvalue weighted by Crippen LogP contribution is 2.30. The maximum Gasteiger partial charge on any atom is 0.302 e. The third kappa shape index (κ3) is 5.29. The van der Waals surface area contributed by atoms with Crippen molar-refractivity contribution in [3.63, 3.8) is 0 Å². The van der Waals surface area contributed by atoms with Gasteiger partial charge in [-0.15, -0.1) is 0 Å². The van der Waals surface area contributed by atoms with E-state index >= 15 is 0 Å². The number of ether oxygens (including phenoxy) is 2. The molecule has 8 heteroatoms. The Balaban J connectivity index is 1.80. The molecule has 29 heavy (non-hydrogen) atoms. The van der Waals surface area contributed by atoms with Crippen LogP contribution in [0.3, 0.4) is 0 Å². The van der Waals surface area contributed by atoms with Crippen molar-refractivity contribution in [3.05, 3.63) is 53.6 Å². The highest BCUT2D eigenvalue weighted by Gasteiger charge is 2.23. The normalized spacial score (nSPS) is 13.7. The molecule has 2 amide bonds. The molecular weight excluding hydrogens is 390 g/mol. The number of thioether (sulfide) groups is 1. The van der Waals surface area contributed by atoms with E-state index in [9.17, 15) is 9.59 Å². The summed E-state index contributed by atoms with van der Waals surface area (Å²) in [6, 6.07) is 13.0. The van der Waals surface area contributed by atoms with E-state index in [0.29, 0.717) is 36.1 Å². The molecule has 2 aromatic rings. The number of carbonyl (C=O) groups excluding carboxylic acids is 2. The summed E-state index contributed by atoms with van der Waals surface area (Å²) < 4.78 is 11.0. The van der Waals surface area contributed by atoms with E-state index in [4.69, 9.17) is 9.47 Å². The van der Waals surface area contributed by atoms with Gasteiger partial charge >= 0.3 is 5.24 Å². The van der Waals surface area contributed by atoms with Crippen LogP contribution in [0.5, 0.6) is 11.5 Å². The lowest BCUT2D eigenvalue weighted by molar-refractivity contribution is -0.114. The highest BCUT2D eigenvalue weighted by atomic mass is 32.2. The lowest BCUT2D eigenvalue weighted by Crippen LogP contribution is -2.29. The predicted octanol–water partition coefficient (Wildman–Crippen LogP) is 4.13. The van der Waals surface area contributed by atoms with Crippen LogP contribution in [0.4, 0.5) is 10.5 Å². The molecule has 3 rings (SSSR count). The molecule has 7 nitrogen and oxygen atoms in total. The van der Waals surface area contributed by atoms with E-state index in [0.717, 1.165) is 16.8 Å². The van der Waals surface area contributed by atoms with Crippen LogP contribution < -0.4 is 14.8 Å². The van der Waals surface area contributed by atoms with Crippen LogP contribution in [-0.4, -0.2) is 41.3 Å². The van der Waals surface area contributed by atoms with Crippen molar-refractivity contribution in [2.75, 3.05) is 24.8 Å². The van der Waals surface area contributed by atoms with Crippen LogP contribution in [0.15, 0.2) is 47.6 Å². The first-order valence-corrected chi connectivity index (χ1v) is 10.2. The second-order valence-corrected chi connectivity index (χ2v) is 7.26. The molecule has 152 valence electrons. The minimum Gasteiger partial charge on any atom is -0.493 e. The Morgan fingerprint density at radius 2 is 1.97 bits per heavy atom. The quantitative estimate of drug-likeness (QED) is 0.738. The summed E-state index contributed by atoms with van der Waals surface area (Å²) in [5.41, 5.74) is 3.32. The largest absolute Gasteiger partial charge is 0.493 e. The Morgan fingerprint density at radius 1 is 1.21 bits per heavy atom. The second-order valence-electron chi connectivity index (χ2n) is 6.34. The average Bonchev–Trinajstić information content (AvgIpc) is 2.71. The first kappa shape index (κ1) is 20.7. The van der Waals surface area contributed by atoms with Gasteiger partial charge in [-0.25, -0.2) is 5.01 Å². The third-order valence-corrected chi connectivity index (χ3v) is 5.06. The van der Waals surface area contributed by atoms with Crippen LogP contribution >= 0.6 is 11.8 Å². The number of hydrazone groups is 1. The molecule has 1 aliphatic rings. The monoisotopic (exact) mass is 413 g/mol. The molecule has 0 spiro atoms. The maximum absolute atomic E-state index is 12.3. The Hall–Kier alpha value is -3.00. The molecule has 0 atom stereocenters. The van der Waals surface area contributed by atoms with E-state index in [2.05, 4.69) is 10.4 Å². The van der Waals surface area contributed by atoms with Crippen molar-refractivity contribution in [1.29, 1.82) is 0 Å². The van der Waals surface area contributed by atoms with Gasteiger partial charge in [-0.1, -0.05) is 23.9 Å². The summed E-state index contributed by atoms with van der Waals surface area (Å²) in [7, 11) is 1.60. The highest BCUT2D eigenvalue weighted by molar-refractivity contribution is 8.14. The topological polar surface area (TPSA) is 80.2 Å². The van der Waals surface area contributed by atoms with E-state index in [1.165, 1.54) is 23.7 Å². The van der Waals surface area contributed by atoms with Gasteiger partial charge in [0, 0.05) is 23.9 Å². The number of methoxy groups -OCH3 is 1. The summed E-state index contributed by atoms with van der Waals surface area (Å²) >= 11 is 1.22. The van der Waals surface area contributed by atoms with E-state index in [1.807, 2.05) is 37.3 Å². The third-order valence-electron chi connectivity index (χ3n) is 4.19. The first-order chi connectivity index (χ1) is 14.0. The summed E-state index contributed by atoms with van der Waals surface area (Å²) in [5.74, 6) is 1.68. The van der Waals surface area contributed by atoms with Gasteiger partial charge in [-0.2, -0.15) is 5.10 Å². The zero-order chi connectivity index (χ0) is 20.8. The van der Waals surface area contributed by atoms with Gasteiger partial charge in [0.2, 0.25) is 5.91 Å². The number of amides is 2. The number of nitrogens with zero attached hydrogens (tertiary/aromatic N) is 2. The fourth-order valence-corrected chi connectivity index (χ4v) is 3.59. The molecule has 0 unspecified atom stereocenters. The number of anilines is 1. The van der Waals surface area contributed by atoms with Gasteiger partial charge in [-0.05, 0) is 42.8 Å². The van der Waals surface area contributed by atoms with E-state index < -0.39 is 0 Å². The Morgan fingerprint density at radius 3 is 2.62 bits per heavy atom. The van der Waals surface area contributed by atoms with Crippen molar-refractivity contribution in [3.8, 4) is 11.5 Å². The van der Waals surface area contributed by atoms with Crippen molar-refractivity contribution in [2.24, 2.45) is 5.10 Å². The lowest BCUT2D eigenvalue weighted by Gasteiger charge is -2.23. The molecule has 0 aromatic heterocycles. The van der Waals surface area contributed by atoms with Gasteiger partial charge in [-0.3, -0.25) is 9.59 Å². The fraction of sp³-hybridized carbons (Fsp3) is 0.286. The van der Waals surface area contributed by atoms with Gasteiger partial charge in [0.05, 0.1) is 26.0 Å². The molecule has 0 fully saturated rings. The molecule has 0 radical (unpaired) electrons. The average molecular weight is 413 g/mol. The number of carbonyl (C=O) groups is 2. The summed E-state index contributed by atoms with van der Waals surface area (Å²) in [5, 5.41) is 8.65. The van der Waals surface area contributed by atoms with Gasteiger partial charge in [0.25, 0.3) is 0 Å². The standard InChI is InChI=1S/C21H23N3O4S/c1-4-28-20-11-16(7-10-19(20)27-3)18-13-29-21(26)24(23-18)12-15-5-8-17(9-6-15)22-14(2)25/h5-11H,4,12-13H2,1-3H3,(H,22,25). The van der Waals surface area contributed by atoms with Crippen molar-refractivity contribution < 1.29 is 19.1 Å². The summed E-state index contributed by atoms with van der Waals surface area (Å²) in [6.45, 7) is 4.26. The van der Waals surface area contributed by atoms with Crippen molar-refractivity contribution in [2.45, 2.75) is 20.4 Å². The lowest BCUT2D eigenvalue weighted by atomic mass is 10.1. The van der Waals surface area contributed by atoms with Crippen LogP contribution in [0.25, 0.3) is 0 Å². The van der Waals surface area contributed by atoms with Crippen molar-refractivity contribution in [1.82, 2.24) is 5.01 Å². The number of hydrogen-bond acceptors (Lipinski definition) is 6. The second kappa shape index (κ2) is 9.47. The molecule has 1 N–H and O–H groups in total. The molecule has 0 saturated heterocycles. The molecule has 0 bridgehead atoms. The van der Waals surface area contributed by atoms with Crippen LogP contribution in [0, 0.1) is 0 Å². The zero-order valence-corrected chi connectivity index (χ0v) is 17.4.